The van der Waals surface area contributed by atoms with E-state index in [1.807, 2.05) is 0 Å². The Kier molecular flexibility index (Phi) is 8.90. The number of amides is 3. The van der Waals surface area contributed by atoms with Crippen LogP contribution in [0.3, 0.4) is 0 Å². The highest BCUT2D eigenvalue weighted by Crippen LogP contribution is 2.32. The van der Waals surface area contributed by atoms with Gasteiger partial charge < -0.3 is 19.5 Å². The highest BCUT2D eigenvalue weighted by Gasteiger charge is 2.27. The van der Waals surface area contributed by atoms with Crippen molar-refractivity contribution in [1.29, 1.82) is 0 Å². The first-order valence-electron chi connectivity index (χ1n) is 11.4. The van der Waals surface area contributed by atoms with Gasteiger partial charge in [-0.15, -0.1) is 0 Å². The van der Waals surface area contributed by atoms with E-state index in [2.05, 4.69) is 10.1 Å². The Bertz CT molecular complexity index is 1470. The standard InChI is InChI=1S/C28H24N2O9/c1-16(31)30(26(34)18-8-6-5-7-9-18)23-14-19(10-13-24(23)39-17(2)32)25(33)29-20-11-12-21(27(35)37-3)22(15-20)28(36)38-4/h5-15H,1-4H3,(H,29,33). The third kappa shape index (κ3) is 6.52. The Labute approximate surface area is 223 Å². The van der Waals surface area contributed by atoms with Gasteiger partial charge in [-0.3, -0.25) is 19.2 Å². The van der Waals surface area contributed by atoms with E-state index in [9.17, 15) is 28.8 Å². The van der Waals surface area contributed by atoms with Crippen molar-refractivity contribution in [3.63, 3.8) is 0 Å². The van der Waals surface area contributed by atoms with Crippen LogP contribution in [-0.4, -0.2) is 49.8 Å². The number of ether oxygens (including phenoxy) is 3. The molecule has 3 rings (SSSR count). The summed E-state index contributed by atoms with van der Waals surface area (Å²) in [6.07, 6.45) is 0. The molecule has 0 bridgehead atoms. The van der Waals surface area contributed by atoms with Gasteiger partial charge in [-0.2, -0.15) is 0 Å². The molecule has 11 nitrogen and oxygen atoms in total. The lowest BCUT2D eigenvalue weighted by Crippen LogP contribution is -2.36. The first-order chi connectivity index (χ1) is 18.6. The van der Waals surface area contributed by atoms with Gasteiger partial charge in [-0.1, -0.05) is 18.2 Å². The lowest BCUT2D eigenvalue weighted by molar-refractivity contribution is -0.132. The molecule has 200 valence electrons. The Hall–Kier alpha value is -5.32. The number of anilines is 2. The number of rotatable bonds is 7. The number of hydrogen-bond acceptors (Lipinski definition) is 9. The van der Waals surface area contributed by atoms with E-state index in [1.54, 1.807) is 18.2 Å². The smallest absolute Gasteiger partial charge is 0.338 e. The first-order valence-corrected chi connectivity index (χ1v) is 11.4. The summed E-state index contributed by atoms with van der Waals surface area (Å²) in [5, 5.41) is 2.58. The Morgan fingerprint density at radius 1 is 0.718 bits per heavy atom. The monoisotopic (exact) mass is 532 g/mol. The molecule has 0 saturated carbocycles. The van der Waals surface area contributed by atoms with Crippen molar-refractivity contribution in [1.82, 2.24) is 0 Å². The predicted octanol–water partition coefficient (Wildman–Crippen LogP) is 3.63. The van der Waals surface area contributed by atoms with Gasteiger partial charge in [0.15, 0.2) is 5.75 Å². The number of carbonyl (C=O) groups excluding carboxylic acids is 6. The molecule has 39 heavy (non-hydrogen) atoms. The van der Waals surface area contributed by atoms with E-state index in [1.165, 1.54) is 48.5 Å². The van der Waals surface area contributed by atoms with Crippen molar-refractivity contribution in [2.45, 2.75) is 13.8 Å². The zero-order valence-electron chi connectivity index (χ0n) is 21.5. The van der Waals surface area contributed by atoms with Gasteiger partial charge in [0.05, 0.1) is 31.0 Å². The van der Waals surface area contributed by atoms with Crippen LogP contribution < -0.4 is 15.0 Å². The number of nitrogens with zero attached hydrogens (tertiary/aromatic N) is 1. The van der Waals surface area contributed by atoms with Crippen LogP contribution in [0, 0.1) is 0 Å². The fraction of sp³-hybridized carbons (Fsp3) is 0.143. The summed E-state index contributed by atoms with van der Waals surface area (Å²) in [6.45, 7) is 2.31. The molecule has 3 amide bonds. The zero-order valence-corrected chi connectivity index (χ0v) is 21.5. The van der Waals surface area contributed by atoms with Gasteiger partial charge >= 0.3 is 17.9 Å². The van der Waals surface area contributed by atoms with Crippen molar-refractivity contribution in [3.8, 4) is 5.75 Å². The van der Waals surface area contributed by atoms with Gasteiger partial charge in [0.2, 0.25) is 5.91 Å². The first kappa shape index (κ1) is 28.3. The molecule has 0 radical (unpaired) electrons. The summed E-state index contributed by atoms with van der Waals surface area (Å²) in [5.74, 6) is -4.49. The molecule has 0 aromatic heterocycles. The Morgan fingerprint density at radius 2 is 1.36 bits per heavy atom. The van der Waals surface area contributed by atoms with Crippen molar-refractivity contribution >= 4 is 47.0 Å². The molecule has 0 unspecified atom stereocenters. The molecule has 0 fully saturated rings. The van der Waals surface area contributed by atoms with E-state index in [4.69, 9.17) is 9.47 Å². The second-order valence-corrected chi connectivity index (χ2v) is 8.00. The molecule has 0 aliphatic heterocycles. The second-order valence-electron chi connectivity index (χ2n) is 8.00. The fourth-order valence-corrected chi connectivity index (χ4v) is 3.60. The fourth-order valence-electron chi connectivity index (χ4n) is 3.60. The number of hydrogen-bond donors (Lipinski definition) is 1. The summed E-state index contributed by atoms with van der Waals surface area (Å²) in [7, 11) is 2.29. The lowest BCUT2D eigenvalue weighted by atomic mass is 10.1. The number of benzene rings is 3. The average Bonchev–Trinajstić information content (AvgIpc) is 2.92. The van der Waals surface area contributed by atoms with Crippen LogP contribution >= 0.6 is 0 Å². The second kappa shape index (κ2) is 12.3. The number of esters is 3. The van der Waals surface area contributed by atoms with Gasteiger partial charge in [-0.25, -0.2) is 14.5 Å². The topological polar surface area (TPSA) is 145 Å². The van der Waals surface area contributed by atoms with E-state index in [0.717, 1.165) is 33.0 Å². The Morgan fingerprint density at radius 3 is 1.95 bits per heavy atom. The normalized spacial score (nSPS) is 10.2. The SMILES string of the molecule is COC(=O)c1ccc(NC(=O)c2ccc(OC(C)=O)c(N(C(C)=O)C(=O)c3ccccc3)c2)cc1C(=O)OC. The van der Waals surface area contributed by atoms with Gasteiger partial charge in [-0.05, 0) is 48.5 Å². The Balaban J connectivity index is 2.03. The van der Waals surface area contributed by atoms with Crippen molar-refractivity contribution in [2.75, 3.05) is 24.4 Å². The molecule has 0 saturated heterocycles. The molecular weight excluding hydrogens is 508 g/mol. The maximum atomic E-state index is 13.2. The maximum absolute atomic E-state index is 13.2. The molecule has 0 heterocycles. The van der Waals surface area contributed by atoms with Gasteiger partial charge in [0, 0.05) is 30.7 Å². The minimum atomic E-state index is -0.823. The zero-order chi connectivity index (χ0) is 28.7. The predicted molar refractivity (Wildman–Crippen MR) is 139 cm³/mol. The highest BCUT2D eigenvalue weighted by molar-refractivity contribution is 6.21. The third-order valence-corrected chi connectivity index (χ3v) is 5.34. The molecule has 0 aliphatic carbocycles. The van der Waals surface area contributed by atoms with Crippen LogP contribution in [0.15, 0.2) is 66.7 Å². The van der Waals surface area contributed by atoms with Crippen LogP contribution in [0.5, 0.6) is 5.75 Å². The number of imide groups is 1. The summed E-state index contributed by atoms with van der Waals surface area (Å²) < 4.78 is 14.6. The van der Waals surface area contributed by atoms with E-state index in [-0.39, 0.29) is 39.4 Å². The summed E-state index contributed by atoms with van der Waals surface area (Å²) in [4.78, 5) is 75.7. The molecule has 11 heteroatoms. The molecule has 3 aromatic rings. The number of carbonyl (C=O) groups is 6. The minimum Gasteiger partial charge on any atom is -0.465 e. The van der Waals surface area contributed by atoms with E-state index >= 15 is 0 Å². The maximum Gasteiger partial charge on any atom is 0.338 e. The molecule has 0 aliphatic rings. The van der Waals surface area contributed by atoms with Crippen LogP contribution in [-0.2, 0) is 19.1 Å². The summed E-state index contributed by atoms with van der Waals surface area (Å²) in [6, 6.07) is 15.7. The van der Waals surface area contributed by atoms with Gasteiger partial charge in [0.1, 0.15) is 0 Å². The third-order valence-electron chi connectivity index (χ3n) is 5.34. The lowest BCUT2D eigenvalue weighted by Gasteiger charge is -2.22. The van der Waals surface area contributed by atoms with Crippen molar-refractivity contribution in [3.05, 3.63) is 89.0 Å². The van der Waals surface area contributed by atoms with Gasteiger partial charge in [0.25, 0.3) is 11.8 Å². The van der Waals surface area contributed by atoms with Crippen molar-refractivity contribution < 1.29 is 43.0 Å². The molecule has 3 aromatic carbocycles. The molecule has 0 spiro atoms. The molecular formula is C28H24N2O9. The van der Waals surface area contributed by atoms with Crippen LogP contribution in [0.1, 0.15) is 55.3 Å². The highest BCUT2D eigenvalue weighted by atomic mass is 16.5. The van der Waals surface area contributed by atoms with E-state index < -0.39 is 35.6 Å². The molecule has 0 atom stereocenters. The van der Waals surface area contributed by atoms with Crippen LogP contribution in [0.4, 0.5) is 11.4 Å². The largest absolute Gasteiger partial charge is 0.465 e. The molecule has 1 N–H and O–H groups in total. The number of methoxy groups -OCH3 is 2. The average molecular weight is 533 g/mol. The summed E-state index contributed by atoms with van der Waals surface area (Å²) >= 11 is 0. The number of nitrogens with one attached hydrogen (secondary N) is 1. The van der Waals surface area contributed by atoms with Crippen LogP contribution in [0.2, 0.25) is 0 Å². The van der Waals surface area contributed by atoms with E-state index in [0.29, 0.717) is 0 Å². The minimum absolute atomic E-state index is 0.00956. The quantitative estimate of drug-likeness (QED) is 0.356. The van der Waals surface area contributed by atoms with Crippen molar-refractivity contribution in [2.24, 2.45) is 0 Å². The summed E-state index contributed by atoms with van der Waals surface area (Å²) in [5.41, 5.74) is -0.00358. The van der Waals surface area contributed by atoms with Crippen LogP contribution in [0.25, 0.3) is 0 Å².